The SMILES string of the molecule is C[C@@H](NC(=O)NC[C@](C)(O)c1ccco1)c1cccc(Cl)c1. The molecule has 2 rings (SSSR count). The predicted molar refractivity (Wildman–Crippen MR) is 84.7 cm³/mol. The number of carbonyl (C=O) groups excluding carboxylic acids is 1. The zero-order chi connectivity index (χ0) is 16.2. The summed E-state index contributed by atoms with van der Waals surface area (Å²) in [5, 5.41) is 16.3. The van der Waals surface area contributed by atoms with E-state index in [9.17, 15) is 9.90 Å². The van der Waals surface area contributed by atoms with Crippen LogP contribution in [0.25, 0.3) is 0 Å². The number of furan rings is 1. The first-order valence-electron chi connectivity index (χ1n) is 6.95. The maximum Gasteiger partial charge on any atom is 0.315 e. The second-order valence-corrected chi connectivity index (χ2v) is 5.79. The van der Waals surface area contributed by atoms with Gasteiger partial charge in [0.25, 0.3) is 0 Å². The molecule has 2 atom stereocenters. The van der Waals surface area contributed by atoms with Crippen molar-refractivity contribution in [2.45, 2.75) is 25.5 Å². The standard InChI is InChI=1S/C16H19ClN2O3/c1-11(12-5-3-6-13(17)9-12)19-15(20)18-10-16(2,21)14-7-4-8-22-14/h3-9,11,21H,10H2,1-2H3,(H2,18,19,20)/t11-,16+/m1/s1. The van der Waals surface area contributed by atoms with Crippen LogP contribution in [0.3, 0.4) is 0 Å². The molecule has 3 N–H and O–H groups in total. The van der Waals surface area contributed by atoms with Gasteiger partial charge in [0, 0.05) is 5.02 Å². The first kappa shape index (κ1) is 16.4. The molecule has 1 aromatic carbocycles. The molecular weight excluding hydrogens is 304 g/mol. The Morgan fingerprint density at radius 3 is 2.82 bits per heavy atom. The second-order valence-electron chi connectivity index (χ2n) is 5.35. The fraction of sp³-hybridized carbons (Fsp3) is 0.312. The van der Waals surface area contributed by atoms with Gasteiger partial charge < -0.3 is 20.2 Å². The zero-order valence-corrected chi connectivity index (χ0v) is 13.2. The van der Waals surface area contributed by atoms with Crippen molar-refractivity contribution in [3.8, 4) is 0 Å². The monoisotopic (exact) mass is 322 g/mol. The highest BCUT2D eigenvalue weighted by molar-refractivity contribution is 6.30. The summed E-state index contributed by atoms with van der Waals surface area (Å²) in [6.45, 7) is 3.47. The quantitative estimate of drug-likeness (QED) is 0.791. The van der Waals surface area contributed by atoms with Gasteiger partial charge in [0.05, 0.1) is 18.8 Å². The topological polar surface area (TPSA) is 74.5 Å². The molecule has 0 bridgehead atoms. The van der Waals surface area contributed by atoms with Crippen molar-refractivity contribution >= 4 is 17.6 Å². The fourth-order valence-corrected chi connectivity index (χ4v) is 2.23. The molecule has 22 heavy (non-hydrogen) atoms. The first-order chi connectivity index (χ1) is 10.4. The van der Waals surface area contributed by atoms with Gasteiger partial charge >= 0.3 is 6.03 Å². The molecule has 0 saturated carbocycles. The van der Waals surface area contributed by atoms with Gasteiger partial charge in [-0.15, -0.1) is 0 Å². The predicted octanol–water partition coefficient (Wildman–Crippen LogP) is 3.20. The van der Waals surface area contributed by atoms with E-state index < -0.39 is 5.60 Å². The van der Waals surface area contributed by atoms with Crippen LogP contribution in [-0.2, 0) is 5.60 Å². The molecule has 2 amide bonds. The highest BCUT2D eigenvalue weighted by Crippen LogP contribution is 2.20. The normalized spacial score (nSPS) is 14.9. The van der Waals surface area contributed by atoms with Crippen molar-refractivity contribution in [3.05, 3.63) is 59.0 Å². The molecule has 0 radical (unpaired) electrons. The minimum absolute atomic E-state index is 0.0363. The average Bonchev–Trinajstić information content (AvgIpc) is 3.00. The van der Waals surface area contributed by atoms with Crippen LogP contribution in [0, 0.1) is 0 Å². The van der Waals surface area contributed by atoms with Crippen LogP contribution < -0.4 is 10.6 Å². The maximum absolute atomic E-state index is 11.9. The summed E-state index contributed by atoms with van der Waals surface area (Å²) in [5.41, 5.74) is -0.361. The second kappa shape index (κ2) is 6.85. The molecule has 1 heterocycles. The molecule has 0 aliphatic heterocycles. The summed E-state index contributed by atoms with van der Waals surface area (Å²) in [7, 11) is 0. The van der Waals surface area contributed by atoms with Crippen LogP contribution in [0.2, 0.25) is 5.02 Å². The molecule has 0 aliphatic carbocycles. The van der Waals surface area contributed by atoms with Crippen molar-refractivity contribution in [2.75, 3.05) is 6.54 Å². The summed E-state index contributed by atoms with van der Waals surface area (Å²) < 4.78 is 5.16. The molecule has 0 fully saturated rings. The average molecular weight is 323 g/mol. The Balaban J connectivity index is 1.88. The lowest BCUT2D eigenvalue weighted by molar-refractivity contribution is 0.0366. The lowest BCUT2D eigenvalue weighted by atomic mass is 10.0. The number of aliphatic hydroxyl groups is 1. The van der Waals surface area contributed by atoms with Crippen LogP contribution in [0.15, 0.2) is 47.1 Å². The first-order valence-corrected chi connectivity index (χ1v) is 7.32. The number of carbonyl (C=O) groups is 1. The van der Waals surface area contributed by atoms with Crippen molar-refractivity contribution in [2.24, 2.45) is 0 Å². The van der Waals surface area contributed by atoms with Crippen LogP contribution in [0.1, 0.15) is 31.2 Å². The number of nitrogens with one attached hydrogen (secondary N) is 2. The number of halogens is 1. The summed E-state index contributed by atoms with van der Waals surface area (Å²) in [6.07, 6.45) is 1.48. The summed E-state index contributed by atoms with van der Waals surface area (Å²) in [4.78, 5) is 11.9. The minimum Gasteiger partial charge on any atom is -0.466 e. The third kappa shape index (κ3) is 4.26. The van der Waals surface area contributed by atoms with Crippen LogP contribution in [-0.4, -0.2) is 17.7 Å². The van der Waals surface area contributed by atoms with E-state index >= 15 is 0 Å². The fourth-order valence-electron chi connectivity index (χ4n) is 2.03. The van der Waals surface area contributed by atoms with Gasteiger partial charge in [0.2, 0.25) is 0 Å². The molecular formula is C16H19ClN2O3. The van der Waals surface area contributed by atoms with Gasteiger partial charge in [-0.1, -0.05) is 23.7 Å². The number of benzene rings is 1. The molecule has 0 saturated heterocycles. The van der Waals surface area contributed by atoms with Gasteiger partial charge in [-0.3, -0.25) is 0 Å². The van der Waals surface area contributed by atoms with Crippen molar-refractivity contribution in [1.82, 2.24) is 10.6 Å². The summed E-state index contributed by atoms with van der Waals surface area (Å²) >= 11 is 5.93. The highest BCUT2D eigenvalue weighted by Gasteiger charge is 2.27. The van der Waals surface area contributed by atoms with Gasteiger partial charge in [0.15, 0.2) is 0 Å². The Hall–Kier alpha value is -1.98. The van der Waals surface area contributed by atoms with Gasteiger partial charge in [-0.05, 0) is 43.7 Å². The molecule has 0 aliphatic rings. The van der Waals surface area contributed by atoms with E-state index in [1.807, 2.05) is 19.1 Å². The molecule has 2 aromatic rings. The minimum atomic E-state index is -1.26. The van der Waals surface area contributed by atoms with Gasteiger partial charge in [-0.25, -0.2) is 4.79 Å². The van der Waals surface area contributed by atoms with E-state index in [0.717, 1.165) is 5.56 Å². The van der Waals surface area contributed by atoms with E-state index in [0.29, 0.717) is 10.8 Å². The molecule has 5 nitrogen and oxygen atoms in total. The lowest BCUT2D eigenvalue weighted by Crippen LogP contribution is -2.44. The van der Waals surface area contributed by atoms with E-state index in [2.05, 4.69) is 10.6 Å². The van der Waals surface area contributed by atoms with Gasteiger partial charge in [0.1, 0.15) is 11.4 Å². The maximum atomic E-state index is 11.9. The summed E-state index contributed by atoms with van der Waals surface area (Å²) in [6, 6.07) is 10.1. The van der Waals surface area contributed by atoms with Crippen LogP contribution in [0.4, 0.5) is 4.79 Å². The highest BCUT2D eigenvalue weighted by atomic mass is 35.5. The van der Waals surface area contributed by atoms with Crippen LogP contribution in [0.5, 0.6) is 0 Å². The smallest absolute Gasteiger partial charge is 0.315 e. The Morgan fingerprint density at radius 1 is 1.41 bits per heavy atom. The van der Waals surface area contributed by atoms with Crippen molar-refractivity contribution in [3.63, 3.8) is 0 Å². The zero-order valence-electron chi connectivity index (χ0n) is 12.5. The number of hydrogen-bond donors (Lipinski definition) is 3. The van der Waals surface area contributed by atoms with Crippen molar-refractivity contribution in [1.29, 1.82) is 0 Å². The Labute approximate surface area is 134 Å². The Bertz CT molecular complexity index is 626. The third-order valence-corrected chi connectivity index (χ3v) is 3.58. The molecule has 0 unspecified atom stereocenters. The number of urea groups is 1. The van der Waals surface area contributed by atoms with E-state index in [1.165, 1.54) is 6.26 Å². The number of amides is 2. The number of hydrogen-bond acceptors (Lipinski definition) is 3. The number of rotatable bonds is 5. The Morgan fingerprint density at radius 2 is 2.18 bits per heavy atom. The lowest BCUT2D eigenvalue weighted by Gasteiger charge is -2.22. The van der Waals surface area contributed by atoms with Crippen molar-refractivity contribution < 1.29 is 14.3 Å². The van der Waals surface area contributed by atoms with E-state index in [1.54, 1.807) is 31.2 Å². The molecule has 0 spiro atoms. The van der Waals surface area contributed by atoms with E-state index in [-0.39, 0.29) is 18.6 Å². The molecule has 118 valence electrons. The molecule has 6 heteroatoms. The summed E-state index contributed by atoms with van der Waals surface area (Å²) in [5.74, 6) is 0.399. The van der Waals surface area contributed by atoms with Gasteiger partial charge in [-0.2, -0.15) is 0 Å². The Kier molecular flexibility index (Phi) is 5.11. The largest absolute Gasteiger partial charge is 0.466 e. The third-order valence-electron chi connectivity index (χ3n) is 3.34. The van der Waals surface area contributed by atoms with E-state index in [4.69, 9.17) is 16.0 Å². The molecule has 1 aromatic heterocycles. The van der Waals surface area contributed by atoms with Crippen LogP contribution >= 0.6 is 11.6 Å².